The van der Waals surface area contributed by atoms with Crippen molar-refractivity contribution in [1.82, 2.24) is 0 Å². The first-order valence-corrected chi connectivity index (χ1v) is 7.39. The molecule has 0 fully saturated rings. The predicted molar refractivity (Wildman–Crippen MR) is 85.6 cm³/mol. The zero-order chi connectivity index (χ0) is 15.6. The highest BCUT2D eigenvalue weighted by Gasteiger charge is 2.14. The van der Waals surface area contributed by atoms with E-state index in [9.17, 15) is 4.79 Å². The molecular formula is C18H21NO3. The molecule has 2 aromatic carbocycles. The van der Waals surface area contributed by atoms with Crippen LogP contribution in [0.4, 0.5) is 0 Å². The van der Waals surface area contributed by atoms with Gasteiger partial charge < -0.3 is 15.2 Å². The fourth-order valence-corrected chi connectivity index (χ4v) is 1.96. The first-order chi connectivity index (χ1) is 10.8. The molecule has 116 valence electrons. The Labute approximate surface area is 130 Å². The maximum atomic E-state index is 11.8. The largest absolute Gasteiger partial charge is 0.494 e. The molecule has 0 radical (unpaired) electrons. The Kier molecular flexibility index (Phi) is 6.45. The molecule has 0 aliphatic carbocycles. The normalized spacial score (nSPS) is 11.7. The van der Waals surface area contributed by atoms with Gasteiger partial charge in [-0.3, -0.25) is 4.79 Å². The minimum atomic E-state index is -0.653. The van der Waals surface area contributed by atoms with E-state index in [1.807, 2.05) is 60.7 Å². The Morgan fingerprint density at radius 3 is 2.27 bits per heavy atom. The van der Waals surface area contributed by atoms with Crippen LogP contribution in [-0.4, -0.2) is 25.2 Å². The summed E-state index contributed by atoms with van der Waals surface area (Å²) in [5, 5.41) is 0. The van der Waals surface area contributed by atoms with E-state index >= 15 is 0 Å². The monoisotopic (exact) mass is 299 g/mol. The van der Waals surface area contributed by atoms with Crippen molar-refractivity contribution in [2.45, 2.75) is 18.9 Å². The quantitative estimate of drug-likeness (QED) is 0.761. The van der Waals surface area contributed by atoms with Gasteiger partial charge in [-0.2, -0.15) is 0 Å². The number of hydrogen-bond acceptors (Lipinski definition) is 4. The van der Waals surface area contributed by atoms with E-state index in [0.29, 0.717) is 26.1 Å². The molecule has 22 heavy (non-hydrogen) atoms. The molecule has 0 saturated carbocycles. The van der Waals surface area contributed by atoms with E-state index in [-0.39, 0.29) is 5.97 Å². The molecule has 0 bridgehead atoms. The molecule has 1 atom stereocenters. The van der Waals surface area contributed by atoms with Crippen molar-refractivity contribution in [3.63, 3.8) is 0 Å². The summed E-state index contributed by atoms with van der Waals surface area (Å²) in [6.07, 6.45) is 1.12. The highest BCUT2D eigenvalue weighted by molar-refractivity contribution is 5.75. The summed E-state index contributed by atoms with van der Waals surface area (Å²) in [7, 11) is 0. The van der Waals surface area contributed by atoms with Gasteiger partial charge in [-0.1, -0.05) is 48.5 Å². The van der Waals surface area contributed by atoms with Crippen molar-refractivity contribution < 1.29 is 14.3 Å². The van der Waals surface area contributed by atoms with Crippen molar-refractivity contribution in [3.8, 4) is 5.75 Å². The molecule has 2 rings (SSSR count). The fraction of sp³-hybridized carbons (Fsp3) is 0.278. The van der Waals surface area contributed by atoms with Crippen LogP contribution in [0.2, 0.25) is 0 Å². The third-order valence-electron chi connectivity index (χ3n) is 3.22. The molecule has 2 N–H and O–H groups in total. The van der Waals surface area contributed by atoms with Crippen LogP contribution in [0, 0.1) is 0 Å². The smallest absolute Gasteiger partial charge is 0.323 e. The van der Waals surface area contributed by atoms with E-state index in [4.69, 9.17) is 15.2 Å². The van der Waals surface area contributed by atoms with Crippen LogP contribution in [0.3, 0.4) is 0 Å². The first-order valence-electron chi connectivity index (χ1n) is 7.39. The Balaban J connectivity index is 1.62. The van der Waals surface area contributed by atoms with Crippen molar-refractivity contribution in [1.29, 1.82) is 0 Å². The lowest BCUT2D eigenvalue weighted by atomic mass is 10.2. The molecule has 0 amide bonds. The standard InChI is InChI=1S/C18H21NO3/c19-17(12-14-21-16-9-5-2-6-10-16)18(20)22-13-11-15-7-3-1-4-8-15/h1-10,17H,11-14,19H2/t17-/m0/s1. The van der Waals surface area contributed by atoms with E-state index in [1.165, 1.54) is 0 Å². The van der Waals surface area contributed by atoms with E-state index in [2.05, 4.69) is 0 Å². The van der Waals surface area contributed by atoms with Crippen LogP contribution in [-0.2, 0) is 16.0 Å². The number of hydrogen-bond donors (Lipinski definition) is 1. The summed E-state index contributed by atoms with van der Waals surface area (Å²) in [5.74, 6) is 0.389. The zero-order valence-electron chi connectivity index (χ0n) is 12.5. The van der Waals surface area contributed by atoms with E-state index in [1.54, 1.807) is 0 Å². The van der Waals surface area contributed by atoms with Gasteiger partial charge in [0.2, 0.25) is 0 Å². The maximum Gasteiger partial charge on any atom is 0.323 e. The number of carbonyl (C=O) groups excluding carboxylic acids is 1. The molecule has 0 saturated heterocycles. The number of carbonyl (C=O) groups is 1. The van der Waals surface area contributed by atoms with Gasteiger partial charge in [0.25, 0.3) is 0 Å². The summed E-state index contributed by atoms with van der Waals surface area (Å²) in [6.45, 7) is 0.731. The molecule has 0 heterocycles. The summed E-state index contributed by atoms with van der Waals surface area (Å²) in [5.41, 5.74) is 6.94. The Morgan fingerprint density at radius 2 is 1.59 bits per heavy atom. The lowest BCUT2D eigenvalue weighted by Gasteiger charge is -2.12. The van der Waals surface area contributed by atoms with Gasteiger partial charge >= 0.3 is 5.97 Å². The third kappa shape index (κ3) is 5.58. The average Bonchev–Trinajstić information content (AvgIpc) is 2.56. The average molecular weight is 299 g/mol. The Hall–Kier alpha value is -2.33. The zero-order valence-corrected chi connectivity index (χ0v) is 12.5. The molecule has 2 aromatic rings. The van der Waals surface area contributed by atoms with Gasteiger partial charge in [0.15, 0.2) is 0 Å². The van der Waals surface area contributed by atoms with Crippen LogP contribution in [0.1, 0.15) is 12.0 Å². The van der Waals surface area contributed by atoms with E-state index in [0.717, 1.165) is 11.3 Å². The van der Waals surface area contributed by atoms with Gasteiger partial charge in [0, 0.05) is 12.8 Å². The van der Waals surface area contributed by atoms with Crippen LogP contribution in [0.15, 0.2) is 60.7 Å². The Morgan fingerprint density at radius 1 is 0.955 bits per heavy atom. The van der Waals surface area contributed by atoms with Crippen molar-refractivity contribution >= 4 is 5.97 Å². The SMILES string of the molecule is N[C@@H](CCOc1ccccc1)C(=O)OCCc1ccccc1. The van der Waals surface area contributed by atoms with Gasteiger partial charge in [-0.05, 0) is 17.7 Å². The first kappa shape index (κ1) is 16.0. The second-order valence-corrected chi connectivity index (χ2v) is 4.96. The van der Waals surface area contributed by atoms with Gasteiger partial charge in [0.1, 0.15) is 11.8 Å². The van der Waals surface area contributed by atoms with Crippen molar-refractivity contribution in [2.24, 2.45) is 5.73 Å². The highest BCUT2D eigenvalue weighted by atomic mass is 16.5. The molecule has 0 aliphatic heterocycles. The van der Waals surface area contributed by atoms with Crippen LogP contribution >= 0.6 is 0 Å². The number of esters is 1. The van der Waals surface area contributed by atoms with Gasteiger partial charge in [0.05, 0.1) is 13.2 Å². The van der Waals surface area contributed by atoms with Gasteiger partial charge in [-0.15, -0.1) is 0 Å². The number of nitrogens with two attached hydrogens (primary N) is 1. The van der Waals surface area contributed by atoms with E-state index < -0.39 is 6.04 Å². The molecule has 0 aromatic heterocycles. The summed E-state index contributed by atoms with van der Waals surface area (Å²) >= 11 is 0. The molecule has 0 spiro atoms. The third-order valence-corrected chi connectivity index (χ3v) is 3.22. The molecule has 0 unspecified atom stereocenters. The second-order valence-electron chi connectivity index (χ2n) is 4.96. The lowest BCUT2D eigenvalue weighted by molar-refractivity contribution is -0.145. The summed E-state index contributed by atoms with van der Waals surface area (Å²) in [6, 6.07) is 18.7. The minimum absolute atomic E-state index is 0.343. The lowest BCUT2D eigenvalue weighted by Crippen LogP contribution is -2.34. The van der Waals surface area contributed by atoms with Crippen LogP contribution in [0.25, 0.3) is 0 Å². The Bertz CT molecular complexity index is 557. The second kappa shape index (κ2) is 8.85. The van der Waals surface area contributed by atoms with Crippen LogP contribution < -0.4 is 10.5 Å². The minimum Gasteiger partial charge on any atom is -0.494 e. The summed E-state index contributed by atoms with van der Waals surface area (Å²) in [4.78, 5) is 11.8. The highest BCUT2D eigenvalue weighted by Crippen LogP contribution is 2.09. The number of para-hydroxylation sites is 1. The number of benzene rings is 2. The fourth-order valence-electron chi connectivity index (χ4n) is 1.96. The molecule has 4 nitrogen and oxygen atoms in total. The number of rotatable bonds is 8. The van der Waals surface area contributed by atoms with Crippen molar-refractivity contribution in [2.75, 3.05) is 13.2 Å². The predicted octanol–water partition coefficient (Wildman–Crippen LogP) is 2.57. The summed E-state index contributed by atoms with van der Waals surface area (Å²) < 4.78 is 10.7. The topological polar surface area (TPSA) is 61.5 Å². The van der Waals surface area contributed by atoms with Crippen molar-refractivity contribution in [3.05, 3.63) is 66.2 Å². The molecule has 0 aliphatic rings. The molecular weight excluding hydrogens is 278 g/mol. The van der Waals surface area contributed by atoms with Gasteiger partial charge in [-0.25, -0.2) is 0 Å². The number of ether oxygens (including phenoxy) is 2. The molecule has 4 heteroatoms. The van der Waals surface area contributed by atoms with Crippen LogP contribution in [0.5, 0.6) is 5.75 Å². The maximum absolute atomic E-state index is 11.8.